The van der Waals surface area contributed by atoms with Gasteiger partial charge in [-0.1, -0.05) is 42.5 Å². The SMILES string of the molecule is CNC1c2ccc(C#N)c(c2)OCCc2cccc(c2)/C(=C/C=O)c2cc1ccc2C. The molecule has 6 bridgehead atoms. The molecule has 4 rings (SSSR count). The quantitative estimate of drug-likeness (QED) is 0.491. The molecule has 0 saturated carbocycles. The van der Waals surface area contributed by atoms with Gasteiger partial charge < -0.3 is 10.1 Å². The number of carbonyl (C=O) groups is 1. The Kier molecular flexibility index (Phi) is 5.97. The number of fused-ring (bicyclic) bond motifs is 6. The van der Waals surface area contributed by atoms with Crippen LogP contribution in [0.5, 0.6) is 5.75 Å². The van der Waals surface area contributed by atoms with Crippen molar-refractivity contribution < 1.29 is 9.53 Å². The molecule has 1 aliphatic heterocycles. The third-order valence-corrected chi connectivity index (χ3v) is 5.75. The van der Waals surface area contributed by atoms with E-state index in [1.54, 1.807) is 6.08 Å². The van der Waals surface area contributed by atoms with Crippen molar-refractivity contribution in [2.45, 2.75) is 19.4 Å². The summed E-state index contributed by atoms with van der Waals surface area (Å²) in [5.74, 6) is 0.599. The average Bonchev–Trinajstić information content (AvgIpc) is 2.79. The van der Waals surface area contributed by atoms with Gasteiger partial charge in [0.1, 0.15) is 18.1 Å². The molecule has 1 N–H and O–H groups in total. The van der Waals surface area contributed by atoms with Crippen LogP contribution in [0.15, 0.2) is 66.7 Å². The van der Waals surface area contributed by atoms with E-state index in [4.69, 9.17) is 4.74 Å². The maximum absolute atomic E-state index is 11.5. The molecule has 1 aliphatic rings. The highest BCUT2D eigenvalue weighted by molar-refractivity contribution is 5.90. The minimum atomic E-state index is -0.0822. The fourth-order valence-corrected chi connectivity index (χ4v) is 4.15. The Morgan fingerprint density at radius 1 is 1.10 bits per heavy atom. The molecule has 0 aliphatic carbocycles. The minimum Gasteiger partial charge on any atom is -0.492 e. The Balaban J connectivity index is 1.96. The zero-order valence-corrected chi connectivity index (χ0v) is 17.7. The molecule has 4 heteroatoms. The van der Waals surface area contributed by atoms with Crippen molar-refractivity contribution >= 4 is 11.9 Å². The number of ether oxygens (including phenoxy) is 1. The molecule has 154 valence electrons. The lowest BCUT2D eigenvalue weighted by molar-refractivity contribution is -0.104. The first-order chi connectivity index (χ1) is 15.1. The monoisotopic (exact) mass is 408 g/mol. The molecule has 3 aromatic carbocycles. The van der Waals surface area contributed by atoms with Crippen LogP contribution in [0.2, 0.25) is 0 Å². The third-order valence-electron chi connectivity index (χ3n) is 5.75. The van der Waals surface area contributed by atoms with Gasteiger partial charge in [0.2, 0.25) is 0 Å². The van der Waals surface area contributed by atoms with Gasteiger partial charge in [-0.15, -0.1) is 0 Å². The zero-order valence-electron chi connectivity index (χ0n) is 17.7. The molecule has 3 aromatic rings. The van der Waals surface area contributed by atoms with Crippen LogP contribution in [0.25, 0.3) is 5.57 Å². The van der Waals surface area contributed by atoms with Crippen molar-refractivity contribution in [2.24, 2.45) is 0 Å². The second-order valence-corrected chi connectivity index (χ2v) is 7.68. The Labute approximate surface area is 182 Å². The largest absolute Gasteiger partial charge is 0.492 e. The number of nitriles is 1. The summed E-state index contributed by atoms with van der Waals surface area (Å²) in [6.45, 7) is 2.52. The third kappa shape index (κ3) is 4.14. The molecule has 0 spiro atoms. The van der Waals surface area contributed by atoms with Crippen molar-refractivity contribution in [3.63, 3.8) is 0 Å². The van der Waals surface area contributed by atoms with E-state index in [-0.39, 0.29) is 6.04 Å². The highest BCUT2D eigenvalue weighted by Gasteiger charge is 2.18. The van der Waals surface area contributed by atoms with Crippen LogP contribution in [0.1, 0.15) is 45.0 Å². The topological polar surface area (TPSA) is 62.1 Å². The number of rotatable bonds is 2. The minimum absolute atomic E-state index is 0.0822. The number of nitrogens with zero attached hydrogens (tertiary/aromatic N) is 1. The first kappa shape index (κ1) is 20.6. The molecular weight excluding hydrogens is 384 g/mol. The zero-order chi connectivity index (χ0) is 21.8. The van der Waals surface area contributed by atoms with E-state index in [1.165, 1.54) is 0 Å². The van der Waals surface area contributed by atoms with E-state index in [0.717, 1.165) is 45.2 Å². The van der Waals surface area contributed by atoms with Gasteiger partial charge in [-0.2, -0.15) is 5.26 Å². The summed E-state index contributed by atoms with van der Waals surface area (Å²) >= 11 is 0. The Morgan fingerprint density at radius 3 is 2.68 bits per heavy atom. The van der Waals surface area contributed by atoms with E-state index in [0.29, 0.717) is 24.3 Å². The lowest BCUT2D eigenvalue weighted by atomic mass is 9.88. The molecule has 0 amide bonds. The standard InChI is InChI=1S/C27H24N2O2/c1-18-6-7-21-15-25(18)24(10-12-30)20-5-3-4-19(14-20)11-13-31-26-16-22(27(21)29-2)8-9-23(26)17-28/h3-10,12,14-16,27,29H,11,13H2,1-2H3/b24-10-. The fourth-order valence-electron chi connectivity index (χ4n) is 4.15. The van der Waals surface area contributed by atoms with Crippen molar-refractivity contribution in [1.29, 1.82) is 5.26 Å². The number of carbonyl (C=O) groups excluding carboxylic acids is 1. The van der Waals surface area contributed by atoms with E-state index in [9.17, 15) is 10.1 Å². The molecule has 0 saturated heterocycles. The Morgan fingerprint density at radius 2 is 1.90 bits per heavy atom. The van der Waals surface area contributed by atoms with Gasteiger partial charge in [-0.25, -0.2) is 0 Å². The lowest BCUT2D eigenvalue weighted by Gasteiger charge is -2.22. The van der Waals surface area contributed by atoms with Crippen LogP contribution < -0.4 is 10.1 Å². The maximum atomic E-state index is 11.5. The summed E-state index contributed by atoms with van der Waals surface area (Å²) in [5, 5.41) is 12.9. The summed E-state index contributed by atoms with van der Waals surface area (Å²) in [6.07, 6.45) is 3.19. The van der Waals surface area contributed by atoms with Crippen molar-refractivity contribution in [1.82, 2.24) is 5.32 Å². The molecule has 1 unspecified atom stereocenters. The number of aryl methyl sites for hydroxylation is 1. The second kappa shape index (κ2) is 8.99. The van der Waals surface area contributed by atoms with E-state index >= 15 is 0 Å². The maximum Gasteiger partial charge on any atom is 0.143 e. The molecule has 0 radical (unpaired) electrons. The van der Waals surface area contributed by atoms with Crippen LogP contribution in [0.4, 0.5) is 0 Å². The number of hydrogen-bond donors (Lipinski definition) is 1. The van der Waals surface area contributed by atoms with Gasteiger partial charge in [0, 0.05) is 6.42 Å². The summed E-state index contributed by atoms with van der Waals surface area (Å²) in [5.41, 5.74) is 7.77. The highest BCUT2D eigenvalue weighted by atomic mass is 16.5. The van der Waals surface area contributed by atoms with Crippen LogP contribution in [-0.4, -0.2) is 19.9 Å². The summed E-state index contributed by atoms with van der Waals surface area (Å²) in [4.78, 5) is 11.5. The van der Waals surface area contributed by atoms with Gasteiger partial charge >= 0.3 is 0 Å². The van der Waals surface area contributed by atoms with Gasteiger partial charge in [-0.05, 0) is 77.2 Å². The number of hydrogen-bond acceptors (Lipinski definition) is 4. The predicted molar refractivity (Wildman–Crippen MR) is 122 cm³/mol. The van der Waals surface area contributed by atoms with Crippen LogP contribution >= 0.6 is 0 Å². The summed E-state index contributed by atoms with van der Waals surface area (Å²) in [7, 11) is 1.91. The smallest absolute Gasteiger partial charge is 0.143 e. The fraction of sp³-hybridized carbons (Fsp3) is 0.185. The molecular formula is C27H24N2O2. The van der Waals surface area contributed by atoms with Gasteiger partial charge in [0.05, 0.1) is 18.2 Å². The van der Waals surface area contributed by atoms with Gasteiger partial charge in [-0.3, -0.25) is 4.79 Å². The summed E-state index contributed by atoms with van der Waals surface area (Å²) < 4.78 is 6.03. The average molecular weight is 409 g/mol. The van der Waals surface area contributed by atoms with E-state index in [2.05, 4.69) is 48.6 Å². The van der Waals surface area contributed by atoms with E-state index < -0.39 is 0 Å². The van der Waals surface area contributed by atoms with E-state index in [1.807, 2.05) is 37.4 Å². The summed E-state index contributed by atoms with van der Waals surface area (Å²) in [6, 6.07) is 22.4. The Hall–Kier alpha value is -3.68. The van der Waals surface area contributed by atoms with Crippen molar-refractivity contribution in [2.75, 3.05) is 13.7 Å². The van der Waals surface area contributed by atoms with Crippen molar-refractivity contribution in [3.05, 3.63) is 106 Å². The second-order valence-electron chi connectivity index (χ2n) is 7.68. The number of nitrogens with one attached hydrogen (secondary N) is 1. The van der Waals surface area contributed by atoms with Gasteiger partial charge in [0.15, 0.2) is 0 Å². The van der Waals surface area contributed by atoms with Gasteiger partial charge in [0.25, 0.3) is 0 Å². The Bertz CT molecular complexity index is 1200. The van der Waals surface area contributed by atoms with Crippen LogP contribution in [0, 0.1) is 18.3 Å². The first-order valence-corrected chi connectivity index (χ1v) is 10.3. The molecule has 0 aromatic heterocycles. The van der Waals surface area contributed by atoms with Crippen molar-refractivity contribution in [3.8, 4) is 11.8 Å². The highest BCUT2D eigenvalue weighted by Crippen LogP contribution is 2.33. The number of aldehydes is 1. The number of allylic oxidation sites excluding steroid dienone is 1. The van der Waals surface area contributed by atoms with Crippen LogP contribution in [-0.2, 0) is 11.2 Å². The van der Waals surface area contributed by atoms with Crippen LogP contribution in [0.3, 0.4) is 0 Å². The molecule has 4 nitrogen and oxygen atoms in total. The lowest BCUT2D eigenvalue weighted by Crippen LogP contribution is -2.18. The predicted octanol–water partition coefficient (Wildman–Crippen LogP) is 4.74. The molecule has 1 heterocycles. The number of benzene rings is 3. The first-order valence-electron chi connectivity index (χ1n) is 10.3. The molecule has 0 fully saturated rings. The normalized spacial score (nSPS) is 16.7. The molecule has 1 atom stereocenters. The molecule has 31 heavy (non-hydrogen) atoms.